The van der Waals surface area contributed by atoms with E-state index in [1.54, 1.807) is 14.2 Å². The van der Waals surface area contributed by atoms with Crippen molar-refractivity contribution in [2.24, 2.45) is 13.0 Å². The molecule has 8 nitrogen and oxygen atoms in total. The van der Waals surface area contributed by atoms with Gasteiger partial charge in [0.15, 0.2) is 11.2 Å². The third-order valence-electron chi connectivity index (χ3n) is 6.22. The largest absolute Gasteiger partial charge is 0.495 e. The SMILES string of the molecule is COc1ccccc1N1C[C@H](C)Cn2c1nc1c2c(=O)n(C/C=C\c2ccccc2)c(=O)n1C. The number of rotatable bonds is 5. The first-order valence-electron chi connectivity index (χ1n) is 11.3. The molecule has 0 saturated heterocycles. The number of ether oxygens (including phenoxy) is 1. The number of fused-ring (bicyclic) bond motifs is 3. The Morgan fingerprint density at radius 1 is 1.06 bits per heavy atom. The number of hydrogen-bond acceptors (Lipinski definition) is 5. The summed E-state index contributed by atoms with van der Waals surface area (Å²) in [6, 6.07) is 17.5. The number of aryl methyl sites for hydroxylation is 1. The number of aromatic nitrogens is 4. The smallest absolute Gasteiger partial charge is 0.332 e. The van der Waals surface area contributed by atoms with Gasteiger partial charge in [-0.25, -0.2) is 4.79 Å². The number of hydrogen-bond donors (Lipinski definition) is 0. The lowest BCUT2D eigenvalue weighted by molar-refractivity contribution is 0.409. The average Bonchev–Trinajstić information content (AvgIpc) is 3.24. The van der Waals surface area contributed by atoms with E-state index in [1.165, 1.54) is 9.13 Å². The fraction of sp³-hybridized carbons (Fsp3) is 0.269. The zero-order valence-corrected chi connectivity index (χ0v) is 19.5. The van der Waals surface area contributed by atoms with Crippen LogP contribution in [0.15, 0.2) is 70.3 Å². The quantitative estimate of drug-likeness (QED) is 0.459. The number of para-hydroxylation sites is 2. The van der Waals surface area contributed by atoms with Gasteiger partial charge in [0.25, 0.3) is 5.56 Å². The summed E-state index contributed by atoms with van der Waals surface area (Å²) >= 11 is 0. The van der Waals surface area contributed by atoms with Crippen molar-refractivity contribution in [3.05, 3.63) is 87.1 Å². The highest BCUT2D eigenvalue weighted by Crippen LogP contribution is 2.37. The van der Waals surface area contributed by atoms with Crippen molar-refractivity contribution in [2.75, 3.05) is 18.6 Å². The second kappa shape index (κ2) is 8.70. The van der Waals surface area contributed by atoms with Crippen LogP contribution in [0.3, 0.4) is 0 Å². The summed E-state index contributed by atoms with van der Waals surface area (Å²) in [4.78, 5) is 33.5. The molecule has 2 aromatic carbocycles. The van der Waals surface area contributed by atoms with E-state index in [1.807, 2.05) is 71.3 Å². The zero-order valence-electron chi connectivity index (χ0n) is 19.5. The fourth-order valence-corrected chi connectivity index (χ4v) is 4.58. The van der Waals surface area contributed by atoms with Crippen LogP contribution in [0.1, 0.15) is 12.5 Å². The molecule has 0 unspecified atom stereocenters. The molecule has 1 aliphatic heterocycles. The van der Waals surface area contributed by atoms with Gasteiger partial charge in [0.05, 0.1) is 12.8 Å². The molecule has 1 aliphatic rings. The van der Waals surface area contributed by atoms with Crippen LogP contribution in [0.5, 0.6) is 5.75 Å². The zero-order chi connectivity index (χ0) is 23.8. The Bertz CT molecular complexity index is 1500. The molecule has 0 aliphatic carbocycles. The highest BCUT2D eigenvalue weighted by molar-refractivity contribution is 5.78. The van der Waals surface area contributed by atoms with Gasteiger partial charge in [0, 0.05) is 26.7 Å². The van der Waals surface area contributed by atoms with Crippen LogP contribution in [-0.4, -0.2) is 32.3 Å². The maximum absolute atomic E-state index is 13.6. The van der Waals surface area contributed by atoms with Gasteiger partial charge in [-0.1, -0.05) is 61.5 Å². The number of imidazole rings is 1. The lowest BCUT2D eigenvalue weighted by Crippen LogP contribution is -2.40. The van der Waals surface area contributed by atoms with Gasteiger partial charge in [-0.3, -0.25) is 13.9 Å². The van der Waals surface area contributed by atoms with Crippen molar-refractivity contribution >= 4 is 28.9 Å². The van der Waals surface area contributed by atoms with Crippen molar-refractivity contribution in [2.45, 2.75) is 20.0 Å². The molecule has 0 fully saturated rings. The molecule has 0 spiro atoms. The first-order valence-corrected chi connectivity index (χ1v) is 11.3. The minimum Gasteiger partial charge on any atom is -0.495 e. The van der Waals surface area contributed by atoms with Crippen LogP contribution >= 0.6 is 0 Å². The van der Waals surface area contributed by atoms with Crippen LogP contribution in [0.2, 0.25) is 0 Å². The fourth-order valence-electron chi connectivity index (χ4n) is 4.58. The van der Waals surface area contributed by atoms with E-state index < -0.39 is 0 Å². The number of benzene rings is 2. The number of methoxy groups -OCH3 is 1. The predicted molar refractivity (Wildman–Crippen MR) is 134 cm³/mol. The molecule has 3 heterocycles. The van der Waals surface area contributed by atoms with E-state index in [-0.39, 0.29) is 23.7 Å². The molecule has 34 heavy (non-hydrogen) atoms. The molecule has 0 radical (unpaired) electrons. The summed E-state index contributed by atoms with van der Waals surface area (Å²) in [6.45, 7) is 3.69. The summed E-state index contributed by atoms with van der Waals surface area (Å²) in [5.74, 6) is 1.63. The Morgan fingerprint density at radius 2 is 1.79 bits per heavy atom. The van der Waals surface area contributed by atoms with E-state index in [9.17, 15) is 9.59 Å². The topological polar surface area (TPSA) is 74.3 Å². The number of nitrogens with zero attached hydrogens (tertiary/aromatic N) is 5. The van der Waals surface area contributed by atoms with Crippen molar-refractivity contribution < 1.29 is 4.74 Å². The van der Waals surface area contributed by atoms with E-state index in [2.05, 4.69) is 11.8 Å². The van der Waals surface area contributed by atoms with Crippen LogP contribution in [-0.2, 0) is 20.1 Å². The minimum atomic E-state index is -0.387. The van der Waals surface area contributed by atoms with E-state index in [0.29, 0.717) is 23.7 Å². The van der Waals surface area contributed by atoms with Gasteiger partial charge in [-0.2, -0.15) is 4.98 Å². The number of anilines is 2. The molecule has 8 heteroatoms. The van der Waals surface area contributed by atoms with Gasteiger partial charge in [0.1, 0.15) is 5.75 Å². The van der Waals surface area contributed by atoms with Crippen LogP contribution in [0.4, 0.5) is 11.6 Å². The van der Waals surface area contributed by atoms with Crippen molar-refractivity contribution in [3.63, 3.8) is 0 Å². The monoisotopic (exact) mass is 457 g/mol. The first-order chi connectivity index (χ1) is 16.5. The van der Waals surface area contributed by atoms with Crippen molar-refractivity contribution in [1.82, 2.24) is 18.7 Å². The third-order valence-corrected chi connectivity index (χ3v) is 6.22. The molecule has 1 atom stereocenters. The highest BCUT2D eigenvalue weighted by Gasteiger charge is 2.30. The Morgan fingerprint density at radius 3 is 2.56 bits per heavy atom. The van der Waals surface area contributed by atoms with Crippen LogP contribution < -0.4 is 20.9 Å². The standard InChI is InChI=1S/C26H27N5O3/c1-18-16-30(20-13-7-8-14-21(20)34-3)25-27-23-22(31(25)17-18)24(32)29(26(33)28(23)2)15-9-12-19-10-5-4-6-11-19/h4-14,18H,15-17H2,1-3H3/b12-9-/t18-/m0/s1. The first kappa shape index (κ1) is 21.8. The normalized spacial score (nSPS) is 15.7. The molecule has 174 valence electrons. The summed E-state index contributed by atoms with van der Waals surface area (Å²) < 4.78 is 10.3. The minimum absolute atomic E-state index is 0.183. The van der Waals surface area contributed by atoms with Gasteiger partial charge in [-0.15, -0.1) is 0 Å². The predicted octanol–water partition coefficient (Wildman–Crippen LogP) is 3.41. The summed E-state index contributed by atoms with van der Waals surface area (Å²) in [5.41, 5.74) is 2.01. The second-order valence-electron chi connectivity index (χ2n) is 8.65. The Labute approximate surface area is 197 Å². The molecule has 4 aromatic rings. The molecule has 0 amide bonds. The van der Waals surface area contributed by atoms with Gasteiger partial charge >= 0.3 is 5.69 Å². The Kier molecular flexibility index (Phi) is 5.57. The molecule has 0 saturated carbocycles. The summed E-state index contributed by atoms with van der Waals surface area (Å²) in [5, 5.41) is 0. The maximum atomic E-state index is 13.6. The van der Waals surface area contributed by atoms with Crippen molar-refractivity contribution in [3.8, 4) is 5.75 Å². The lowest BCUT2D eigenvalue weighted by atomic mass is 10.1. The third kappa shape index (κ3) is 3.61. The van der Waals surface area contributed by atoms with E-state index in [0.717, 1.165) is 23.5 Å². The highest BCUT2D eigenvalue weighted by atomic mass is 16.5. The van der Waals surface area contributed by atoms with E-state index >= 15 is 0 Å². The van der Waals surface area contributed by atoms with Crippen molar-refractivity contribution in [1.29, 1.82) is 0 Å². The lowest BCUT2D eigenvalue weighted by Gasteiger charge is -2.33. The van der Waals surface area contributed by atoms with Gasteiger partial charge in [-0.05, 0) is 23.6 Å². The molecule has 0 N–H and O–H groups in total. The Balaban J connectivity index is 1.65. The molecule has 0 bridgehead atoms. The summed E-state index contributed by atoms with van der Waals surface area (Å²) in [7, 11) is 3.30. The summed E-state index contributed by atoms with van der Waals surface area (Å²) in [6.07, 6.45) is 3.74. The van der Waals surface area contributed by atoms with Crippen LogP contribution in [0.25, 0.3) is 17.2 Å². The molecule has 2 aromatic heterocycles. The number of allylic oxidation sites excluding steroid dienone is 1. The van der Waals surface area contributed by atoms with Crippen LogP contribution in [0, 0.1) is 5.92 Å². The molecular formula is C26H27N5O3. The second-order valence-corrected chi connectivity index (χ2v) is 8.65. The average molecular weight is 458 g/mol. The maximum Gasteiger partial charge on any atom is 0.332 e. The van der Waals surface area contributed by atoms with E-state index in [4.69, 9.17) is 9.72 Å². The molecular weight excluding hydrogens is 430 g/mol. The van der Waals surface area contributed by atoms with Gasteiger partial charge in [0.2, 0.25) is 5.95 Å². The molecule has 5 rings (SSSR count). The Hall–Kier alpha value is -4.07. The van der Waals surface area contributed by atoms with Gasteiger partial charge < -0.3 is 14.2 Å².